The van der Waals surface area contributed by atoms with Gasteiger partial charge < -0.3 is 5.43 Å². The van der Waals surface area contributed by atoms with Crippen LogP contribution in [0.2, 0.25) is 5.02 Å². The monoisotopic (exact) mass is 488 g/mol. The van der Waals surface area contributed by atoms with Crippen LogP contribution >= 0.6 is 27.5 Å². The van der Waals surface area contributed by atoms with Crippen molar-refractivity contribution in [3.8, 4) is 0 Å². The molecule has 0 fully saturated rings. The fourth-order valence-electron chi connectivity index (χ4n) is 3.21. The van der Waals surface area contributed by atoms with Crippen molar-refractivity contribution in [1.82, 2.24) is 9.84 Å². The summed E-state index contributed by atoms with van der Waals surface area (Å²) < 4.78 is 29.1. The summed E-state index contributed by atoms with van der Waals surface area (Å²) in [6.07, 6.45) is 1.89. The van der Waals surface area contributed by atoms with Crippen molar-refractivity contribution in [2.75, 3.05) is 0 Å². The highest BCUT2D eigenvalue weighted by molar-refractivity contribution is 9.10. The SMILES string of the molecule is Cc1ccc(S(=O)(=O)N2NC(c3ccc(Br)cc3)=C[C@@H]2c2ccccc2Cl)cc1. The average molecular weight is 490 g/mol. The number of sulfonamides is 1. The van der Waals surface area contributed by atoms with Crippen LogP contribution in [0.25, 0.3) is 5.70 Å². The molecule has 7 heteroatoms. The van der Waals surface area contributed by atoms with Crippen LogP contribution in [0.1, 0.15) is 22.7 Å². The fourth-order valence-corrected chi connectivity index (χ4v) is 5.12. The predicted octanol–water partition coefficient (Wildman–Crippen LogP) is 5.70. The van der Waals surface area contributed by atoms with Gasteiger partial charge in [-0.25, -0.2) is 8.42 Å². The molecule has 1 aliphatic heterocycles. The third-order valence-electron chi connectivity index (χ3n) is 4.76. The van der Waals surface area contributed by atoms with E-state index in [4.69, 9.17) is 11.6 Å². The molecule has 0 bridgehead atoms. The van der Waals surface area contributed by atoms with E-state index in [0.29, 0.717) is 16.3 Å². The highest BCUT2D eigenvalue weighted by atomic mass is 79.9. The summed E-state index contributed by atoms with van der Waals surface area (Å²) in [4.78, 5) is 0.220. The number of halogens is 2. The molecule has 1 heterocycles. The van der Waals surface area contributed by atoms with E-state index in [1.807, 2.05) is 55.5 Å². The van der Waals surface area contributed by atoms with E-state index in [1.54, 1.807) is 30.3 Å². The maximum absolute atomic E-state index is 13.5. The predicted molar refractivity (Wildman–Crippen MR) is 120 cm³/mol. The Kier molecular flexibility index (Phi) is 5.53. The Balaban J connectivity index is 1.80. The van der Waals surface area contributed by atoms with Gasteiger partial charge in [0.05, 0.1) is 16.6 Å². The summed E-state index contributed by atoms with van der Waals surface area (Å²) in [5.41, 5.74) is 6.38. The Morgan fingerprint density at radius 2 is 1.62 bits per heavy atom. The molecule has 1 N–H and O–H groups in total. The van der Waals surface area contributed by atoms with Crippen molar-refractivity contribution >= 4 is 43.3 Å². The zero-order chi connectivity index (χ0) is 20.6. The number of nitrogens with zero attached hydrogens (tertiary/aromatic N) is 1. The number of aryl methyl sites for hydroxylation is 1. The zero-order valence-electron chi connectivity index (χ0n) is 15.5. The largest absolute Gasteiger partial charge is 0.304 e. The van der Waals surface area contributed by atoms with Gasteiger partial charge in [-0.1, -0.05) is 75.6 Å². The molecule has 0 saturated carbocycles. The normalized spacial score (nSPS) is 17.1. The third kappa shape index (κ3) is 3.98. The van der Waals surface area contributed by atoms with Gasteiger partial charge in [-0.2, -0.15) is 0 Å². The number of hydrogen-bond donors (Lipinski definition) is 1. The molecule has 0 saturated heterocycles. The quantitative estimate of drug-likeness (QED) is 0.511. The number of benzene rings is 3. The lowest BCUT2D eigenvalue weighted by Crippen LogP contribution is -2.39. The van der Waals surface area contributed by atoms with Gasteiger partial charge in [0.25, 0.3) is 10.0 Å². The number of nitrogens with one attached hydrogen (secondary N) is 1. The highest BCUT2D eigenvalue weighted by Crippen LogP contribution is 2.38. The van der Waals surface area contributed by atoms with Crippen molar-refractivity contribution in [2.45, 2.75) is 17.9 Å². The Bertz CT molecular complexity index is 1180. The number of rotatable bonds is 4. The average Bonchev–Trinajstić information content (AvgIpc) is 3.15. The van der Waals surface area contributed by atoms with Gasteiger partial charge in [0.2, 0.25) is 0 Å². The van der Waals surface area contributed by atoms with Gasteiger partial charge in [0.15, 0.2) is 0 Å². The molecule has 0 radical (unpaired) electrons. The summed E-state index contributed by atoms with van der Waals surface area (Å²) in [5.74, 6) is 0. The molecule has 29 heavy (non-hydrogen) atoms. The van der Waals surface area contributed by atoms with Gasteiger partial charge in [-0.15, -0.1) is 4.41 Å². The topological polar surface area (TPSA) is 49.4 Å². The molecule has 4 nitrogen and oxygen atoms in total. The van der Waals surface area contributed by atoms with Gasteiger partial charge in [-0.3, -0.25) is 0 Å². The second-order valence-corrected chi connectivity index (χ2v) is 9.92. The lowest BCUT2D eigenvalue weighted by Gasteiger charge is -2.25. The van der Waals surface area contributed by atoms with Crippen LogP contribution in [0.4, 0.5) is 0 Å². The zero-order valence-corrected chi connectivity index (χ0v) is 18.7. The van der Waals surface area contributed by atoms with Crippen LogP contribution in [0.5, 0.6) is 0 Å². The van der Waals surface area contributed by atoms with Crippen LogP contribution in [0, 0.1) is 6.92 Å². The first kappa shape index (κ1) is 20.2. The van der Waals surface area contributed by atoms with Crippen LogP contribution in [-0.4, -0.2) is 12.8 Å². The molecular weight excluding hydrogens is 472 g/mol. The molecule has 0 amide bonds. The van der Waals surface area contributed by atoms with E-state index in [2.05, 4.69) is 21.4 Å². The molecule has 148 valence electrons. The maximum atomic E-state index is 13.5. The standard InChI is InChI=1S/C22H18BrClN2O2S/c1-15-6-12-18(13-7-15)29(27,28)26-22(19-4-2-3-5-20(19)24)14-21(25-26)16-8-10-17(23)11-9-16/h2-14,22,25H,1H3/t22-/m1/s1. The van der Waals surface area contributed by atoms with Crippen LogP contribution in [0.3, 0.4) is 0 Å². The minimum Gasteiger partial charge on any atom is -0.304 e. The van der Waals surface area contributed by atoms with Crippen molar-refractivity contribution in [3.63, 3.8) is 0 Å². The van der Waals surface area contributed by atoms with Crippen molar-refractivity contribution in [1.29, 1.82) is 0 Å². The fraction of sp³-hybridized carbons (Fsp3) is 0.0909. The molecular formula is C22H18BrClN2O2S. The molecule has 4 rings (SSSR count). The van der Waals surface area contributed by atoms with E-state index < -0.39 is 16.1 Å². The lowest BCUT2D eigenvalue weighted by molar-refractivity contribution is 0.348. The maximum Gasteiger partial charge on any atom is 0.260 e. The first-order valence-corrected chi connectivity index (χ1v) is 11.6. The Hall–Kier alpha value is -2.12. The number of hydrogen-bond acceptors (Lipinski definition) is 3. The van der Waals surface area contributed by atoms with E-state index in [1.165, 1.54) is 4.41 Å². The lowest BCUT2D eigenvalue weighted by atomic mass is 10.1. The minimum atomic E-state index is -3.82. The van der Waals surface area contributed by atoms with E-state index in [9.17, 15) is 8.42 Å². The van der Waals surface area contributed by atoms with Crippen molar-refractivity contribution < 1.29 is 8.42 Å². The van der Waals surface area contributed by atoms with Gasteiger partial charge in [0, 0.05) is 9.50 Å². The molecule has 0 unspecified atom stereocenters. The molecule has 1 aliphatic rings. The van der Waals surface area contributed by atoms with E-state index in [0.717, 1.165) is 15.6 Å². The molecule has 1 atom stereocenters. The van der Waals surface area contributed by atoms with Crippen molar-refractivity contribution in [2.24, 2.45) is 0 Å². The summed E-state index contributed by atoms with van der Waals surface area (Å²) in [6.45, 7) is 1.92. The van der Waals surface area contributed by atoms with Crippen LogP contribution in [0.15, 0.2) is 88.2 Å². The summed E-state index contributed by atoms with van der Waals surface area (Å²) in [5, 5.41) is 0.511. The van der Waals surface area contributed by atoms with Crippen molar-refractivity contribution in [3.05, 3.63) is 105 Å². The Morgan fingerprint density at radius 3 is 2.28 bits per heavy atom. The molecule has 3 aromatic carbocycles. The summed E-state index contributed by atoms with van der Waals surface area (Å²) in [6, 6.07) is 21.2. The van der Waals surface area contributed by atoms with Gasteiger partial charge in [0.1, 0.15) is 0 Å². The van der Waals surface area contributed by atoms with Gasteiger partial charge >= 0.3 is 0 Å². The summed E-state index contributed by atoms with van der Waals surface area (Å²) >= 11 is 9.84. The van der Waals surface area contributed by atoms with Crippen LogP contribution < -0.4 is 5.43 Å². The van der Waals surface area contributed by atoms with E-state index in [-0.39, 0.29) is 4.90 Å². The Morgan fingerprint density at radius 1 is 0.966 bits per heavy atom. The molecule has 0 aliphatic carbocycles. The third-order valence-corrected chi connectivity index (χ3v) is 7.34. The molecule has 0 spiro atoms. The second-order valence-electron chi connectivity index (χ2n) is 6.78. The summed E-state index contributed by atoms with van der Waals surface area (Å²) in [7, 11) is -3.82. The van der Waals surface area contributed by atoms with Gasteiger partial charge in [-0.05, 0) is 54.5 Å². The smallest absolute Gasteiger partial charge is 0.260 e. The highest BCUT2D eigenvalue weighted by Gasteiger charge is 2.37. The van der Waals surface area contributed by atoms with E-state index >= 15 is 0 Å². The molecule has 3 aromatic rings. The first-order valence-electron chi connectivity index (χ1n) is 8.96. The number of hydrazine groups is 1. The second kappa shape index (κ2) is 7.95. The van der Waals surface area contributed by atoms with Crippen LogP contribution in [-0.2, 0) is 10.0 Å². The first-order chi connectivity index (χ1) is 13.9. The Labute approximate surface area is 184 Å². The minimum absolute atomic E-state index is 0.220. The molecule has 0 aromatic heterocycles.